The van der Waals surface area contributed by atoms with Crippen LogP contribution in [-0.4, -0.2) is 34.7 Å². The maximum atomic E-state index is 12.0. The van der Waals surface area contributed by atoms with E-state index in [1.54, 1.807) is 23.1 Å². The predicted molar refractivity (Wildman–Crippen MR) is 65.7 cm³/mol. The zero-order valence-electron chi connectivity index (χ0n) is 10.3. The van der Waals surface area contributed by atoms with E-state index in [0.717, 1.165) is 12.8 Å². The molecule has 1 heterocycles. The highest BCUT2D eigenvalue weighted by Gasteiger charge is 2.22. The van der Waals surface area contributed by atoms with E-state index in [-0.39, 0.29) is 5.69 Å². The number of nitrogens with zero attached hydrogens (tertiary/aromatic N) is 2. The SMILES string of the molecule is CCCN(CCC)C(=O)C(=O)c1ccccn1. The lowest BCUT2D eigenvalue weighted by Gasteiger charge is -2.20. The molecular weight excluding hydrogens is 216 g/mol. The molecule has 1 aromatic heterocycles. The van der Waals surface area contributed by atoms with Crippen molar-refractivity contribution in [2.45, 2.75) is 26.7 Å². The Bertz CT molecular complexity index is 370. The summed E-state index contributed by atoms with van der Waals surface area (Å²) in [7, 11) is 0. The largest absolute Gasteiger partial charge is 0.336 e. The average Bonchev–Trinajstić information content (AvgIpc) is 2.38. The summed E-state index contributed by atoms with van der Waals surface area (Å²) in [6, 6.07) is 4.99. The van der Waals surface area contributed by atoms with Crippen molar-refractivity contribution >= 4 is 11.7 Å². The molecule has 0 aliphatic rings. The molecule has 0 N–H and O–H groups in total. The van der Waals surface area contributed by atoms with Gasteiger partial charge >= 0.3 is 0 Å². The molecular formula is C13H18N2O2. The second-order valence-corrected chi connectivity index (χ2v) is 3.84. The van der Waals surface area contributed by atoms with Crippen molar-refractivity contribution in [3.8, 4) is 0 Å². The van der Waals surface area contributed by atoms with Crippen LogP contribution in [0.1, 0.15) is 37.2 Å². The number of carbonyl (C=O) groups is 2. The first kappa shape index (κ1) is 13.4. The molecule has 0 fully saturated rings. The lowest BCUT2D eigenvalue weighted by Crippen LogP contribution is -2.38. The zero-order chi connectivity index (χ0) is 12.7. The van der Waals surface area contributed by atoms with E-state index in [1.165, 1.54) is 6.20 Å². The third kappa shape index (κ3) is 3.66. The van der Waals surface area contributed by atoms with Gasteiger partial charge in [-0.1, -0.05) is 19.9 Å². The van der Waals surface area contributed by atoms with Crippen LogP contribution in [0.2, 0.25) is 0 Å². The van der Waals surface area contributed by atoms with Crippen molar-refractivity contribution in [1.29, 1.82) is 0 Å². The van der Waals surface area contributed by atoms with Crippen molar-refractivity contribution in [2.75, 3.05) is 13.1 Å². The van der Waals surface area contributed by atoms with Gasteiger partial charge in [0.15, 0.2) is 0 Å². The van der Waals surface area contributed by atoms with Crippen LogP contribution in [0.15, 0.2) is 24.4 Å². The Morgan fingerprint density at radius 3 is 2.29 bits per heavy atom. The van der Waals surface area contributed by atoms with Gasteiger partial charge in [0.05, 0.1) is 0 Å². The van der Waals surface area contributed by atoms with Gasteiger partial charge in [-0.15, -0.1) is 0 Å². The van der Waals surface area contributed by atoms with Crippen LogP contribution in [0.4, 0.5) is 0 Å². The summed E-state index contributed by atoms with van der Waals surface area (Å²) in [5.74, 6) is -0.972. The van der Waals surface area contributed by atoms with Gasteiger partial charge in [0.2, 0.25) is 0 Å². The van der Waals surface area contributed by atoms with E-state index in [0.29, 0.717) is 13.1 Å². The summed E-state index contributed by atoms with van der Waals surface area (Å²) >= 11 is 0. The fourth-order valence-corrected chi connectivity index (χ4v) is 1.60. The predicted octanol–water partition coefficient (Wildman–Crippen LogP) is 1.91. The monoisotopic (exact) mass is 234 g/mol. The molecule has 92 valence electrons. The van der Waals surface area contributed by atoms with Crippen LogP contribution in [0.5, 0.6) is 0 Å². The molecule has 0 saturated heterocycles. The van der Waals surface area contributed by atoms with Gasteiger partial charge in [-0.05, 0) is 25.0 Å². The van der Waals surface area contributed by atoms with E-state index in [2.05, 4.69) is 4.98 Å². The molecule has 0 spiro atoms. The smallest absolute Gasteiger partial charge is 0.296 e. The van der Waals surface area contributed by atoms with Crippen LogP contribution >= 0.6 is 0 Å². The Hall–Kier alpha value is -1.71. The van der Waals surface area contributed by atoms with Gasteiger partial charge in [-0.2, -0.15) is 0 Å². The fraction of sp³-hybridized carbons (Fsp3) is 0.462. The topological polar surface area (TPSA) is 50.3 Å². The Labute approximate surface area is 102 Å². The third-order valence-electron chi connectivity index (χ3n) is 2.37. The minimum absolute atomic E-state index is 0.217. The number of carbonyl (C=O) groups excluding carboxylic acids is 2. The van der Waals surface area contributed by atoms with Crippen LogP contribution in [0.3, 0.4) is 0 Å². The second-order valence-electron chi connectivity index (χ2n) is 3.84. The van der Waals surface area contributed by atoms with Crippen molar-refractivity contribution < 1.29 is 9.59 Å². The fourth-order valence-electron chi connectivity index (χ4n) is 1.60. The minimum atomic E-state index is -0.521. The van der Waals surface area contributed by atoms with Crippen molar-refractivity contribution in [3.05, 3.63) is 30.1 Å². The molecule has 4 heteroatoms. The van der Waals surface area contributed by atoms with E-state index in [4.69, 9.17) is 0 Å². The number of hydrogen-bond donors (Lipinski definition) is 0. The molecule has 0 radical (unpaired) electrons. The molecule has 1 amide bonds. The summed E-state index contributed by atoms with van der Waals surface area (Å²) in [5.41, 5.74) is 0.217. The summed E-state index contributed by atoms with van der Waals surface area (Å²) in [6.07, 6.45) is 3.22. The molecule has 0 atom stereocenters. The summed E-state index contributed by atoms with van der Waals surface area (Å²) in [5, 5.41) is 0. The number of amides is 1. The highest BCUT2D eigenvalue weighted by atomic mass is 16.2. The molecule has 0 aromatic carbocycles. The first-order chi connectivity index (χ1) is 8.20. The van der Waals surface area contributed by atoms with Gasteiger partial charge in [0.25, 0.3) is 11.7 Å². The van der Waals surface area contributed by atoms with Gasteiger partial charge in [0.1, 0.15) is 5.69 Å². The third-order valence-corrected chi connectivity index (χ3v) is 2.37. The maximum Gasteiger partial charge on any atom is 0.296 e. The zero-order valence-corrected chi connectivity index (χ0v) is 10.3. The van der Waals surface area contributed by atoms with Crippen molar-refractivity contribution in [1.82, 2.24) is 9.88 Å². The second kappa shape index (κ2) is 6.78. The first-order valence-electron chi connectivity index (χ1n) is 5.95. The Balaban J connectivity index is 2.77. The standard InChI is InChI=1S/C13H18N2O2/c1-3-9-15(10-4-2)13(17)12(16)11-7-5-6-8-14-11/h5-8H,3-4,9-10H2,1-2H3. The molecule has 0 bridgehead atoms. The van der Waals surface area contributed by atoms with Crippen molar-refractivity contribution in [3.63, 3.8) is 0 Å². The quantitative estimate of drug-likeness (QED) is 0.558. The van der Waals surface area contributed by atoms with E-state index in [9.17, 15) is 9.59 Å². The van der Waals surface area contributed by atoms with Crippen LogP contribution < -0.4 is 0 Å². The molecule has 0 aliphatic carbocycles. The highest BCUT2D eigenvalue weighted by Crippen LogP contribution is 2.02. The number of pyridine rings is 1. The highest BCUT2D eigenvalue weighted by molar-refractivity contribution is 6.42. The Kier molecular flexibility index (Phi) is 5.33. The number of ketones is 1. The van der Waals surface area contributed by atoms with E-state index in [1.807, 2.05) is 13.8 Å². The molecule has 17 heavy (non-hydrogen) atoms. The molecule has 0 saturated carbocycles. The summed E-state index contributed by atoms with van der Waals surface area (Å²) in [4.78, 5) is 29.3. The lowest BCUT2D eigenvalue weighted by atomic mass is 10.2. The van der Waals surface area contributed by atoms with Gasteiger partial charge in [0, 0.05) is 19.3 Å². The molecule has 4 nitrogen and oxygen atoms in total. The average molecular weight is 234 g/mol. The lowest BCUT2D eigenvalue weighted by molar-refractivity contribution is -0.126. The molecule has 1 aromatic rings. The number of Topliss-reactive ketones (excluding diaryl/α,β-unsaturated/α-hetero) is 1. The number of rotatable bonds is 6. The number of aromatic nitrogens is 1. The first-order valence-corrected chi connectivity index (χ1v) is 5.95. The van der Waals surface area contributed by atoms with Crippen LogP contribution in [-0.2, 0) is 4.79 Å². The van der Waals surface area contributed by atoms with Crippen LogP contribution in [0.25, 0.3) is 0 Å². The normalized spacial score (nSPS) is 10.0. The van der Waals surface area contributed by atoms with Crippen LogP contribution in [0, 0.1) is 0 Å². The summed E-state index contributed by atoms with van der Waals surface area (Å²) in [6.45, 7) is 5.21. The maximum absolute atomic E-state index is 12.0. The summed E-state index contributed by atoms with van der Waals surface area (Å²) < 4.78 is 0. The van der Waals surface area contributed by atoms with Gasteiger partial charge in [-0.3, -0.25) is 14.6 Å². The van der Waals surface area contributed by atoms with E-state index >= 15 is 0 Å². The Morgan fingerprint density at radius 2 is 1.82 bits per heavy atom. The molecule has 1 rings (SSSR count). The number of hydrogen-bond acceptors (Lipinski definition) is 3. The molecule has 0 aliphatic heterocycles. The van der Waals surface area contributed by atoms with Gasteiger partial charge in [-0.25, -0.2) is 0 Å². The molecule has 0 unspecified atom stereocenters. The van der Waals surface area contributed by atoms with Crippen molar-refractivity contribution in [2.24, 2.45) is 0 Å². The minimum Gasteiger partial charge on any atom is -0.336 e. The van der Waals surface area contributed by atoms with E-state index < -0.39 is 11.7 Å². The van der Waals surface area contributed by atoms with Gasteiger partial charge < -0.3 is 4.90 Å². The Morgan fingerprint density at radius 1 is 1.18 bits per heavy atom.